The molecule has 0 aromatic carbocycles. The molecule has 0 spiro atoms. The van der Waals surface area contributed by atoms with Gasteiger partial charge in [0, 0.05) is 29.4 Å². The molecule has 1 aliphatic rings. The first-order chi connectivity index (χ1) is 8.81. The zero-order valence-electron chi connectivity index (χ0n) is 10.3. The molecule has 2 aromatic rings. The molecule has 2 aromatic heterocycles. The lowest BCUT2D eigenvalue weighted by atomic mass is 10.2. The molecule has 0 aliphatic carbocycles. The molecule has 0 bridgehead atoms. The highest BCUT2D eigenvalue weighted by molar-refractivity contribution is 8.00. The number of hydrogen-bond acceptors (Lipinski definition) is 4. The monoisotopic (exact) mass is 260 g/mol. The van der Waals surface area contributed by atoms with Crippen molar-refractivity contribution in [3.8, 4) is 5.82 Å². The lowest BCUT2D eigenvalue weighted by Crippen LogP contribution is -2.19. The third-order valence-electron chi connectivity index (χ3n) is 3.09. The Kier molecular flexibility index (Phi) is 3.23. The second-order valence-electron chi connectivity index (χ2n) is 4.60. The second kappa shape index (κ2) is 5.02. The van der Waals surface area contributed by atoms with Crippen molar-refractivity contribution in [3.63, 3.8) is 0 Å². The van der Waals surface area contributed by atoms with E-state index in [2.05, 4.69) is 28.3 Å². The Morgan fingerprint density at radius 1 is 1.44 bits per heavy atom. The molecule has 3 heterocycles. The minimum Gasteiger partial charge on any atom is -0.380 e. The highest BCUT2D eigenvalue weighted by atomic mass is 32.2. The summed E-state index contributed by atoms with van der Waals surface area (Å²) in [5.41, 5.74) is 1.10. The van der Waals surface area contributed by atoms with Crippen molar-refractivity contribution >= 4 is 17.4 Å². The highest BCUT2D eigenvalue weighted by Gasteiger charge is 2.21. The van der Waals surface area contributed by atoms with Crippen molar-refractivity contribution < 1.29 is 0 Å². The molecule has 18 heavy (non-hydrogen) atoms. The van der Waals surface area contributed by atoms with Gasteiger partial charge in [0.1, 0.15) is 12.1 Å². The smallest absolute Gasteiger partial charge is 0.137 e. The fourth-order valence-corrected chi connectivity index (χ4v) is 3.32. The van der Waals surface area contributed by atoms with Crippen molar-refractivity contribution in [1.82, 2.24) is 14.5 Å². The second-order valence-corrected chi connectivity index (χ2v) is 6.07. The number of imidazole rings is 1. The number of nitrogens with zero attached hydrogens (tertiary/aromatic N) is 3. The first-order valence-electron chi connectivity index (χ1n) is 6.14. The zero-order valence-corrected chi connectivity index (χ0v) is 11.1. The molecular formula is C13H16N4S. The number of rotatable bonds is 3. The summed E-state index contributed by atoms with van der Waals surface area (Å²) in [5, 5.41) is 4.30. The normalized spacial score (nSPS) is 23.2. The van der Waals surface area contributed by atoms with Crippen LogP contribution in [0.3, 0.4) is 0 Å². The largest absolute Gasteiger partial charge is 0.380 e. The van der Waals surface area contributed by atoms with Gasteiger partial charge in [-0.3, -0.25) is 4.57 Å². The SMILES string of the molecule is CC1CC(Nc2ccc(-n3ccnc3)nc2)CS1. The summed E-state index contributed by atoms with van der Waals surface area (Å²) in [6.07, 6.45) is 8.53. The fourth-order valence-electron chi connectivity index (χ4n) is 2.17. The molecule has 1 aliphatic heterocycles. The molecule has 5 heteroatoms. The van der Waals surface area contributed by atoms with Crippen LogP contribution in [0.1, 0.15) is 13.3 Å². The molecule has 0 saturated carbocycles. The zero-order chi connectivity index (χ0) is 12.4. The maximum atomic E-state index is 4.44. The molecule has 3 rings (SSSR count). The van der Waals surface area contributed by atoms with Gasteiger partial charge in [-0.15, -0.1) is 0 Å². The van der Waals surface area contributed by atoms with Gasteiger partial charge < -0.3 is 5.32 Å². The lowest BCUT2D eigenvalue weighted by molar-refractivity contribution is 0.746. The van der Waals surface area contributed by atoms with Gasteiger partial charge in [0.15, 0.2) is 0 Å². The summed E-state index contributed by atoms with van der Waals surface area (Å²) in [5.74, 6) is 2.08. The van der Waals surface area contributed by atoms with Crippen molar-refractivity contribution in [3.05, 3.63) is 37.1 Å². The molecule has 1 saturated heterocycles. The van der Waals surface area contributed by atoms with Crippen LogP contribution >= 0.6 is 11.8 Å². The third-order valence-corrected chi connectivity index (χ3v) is 4.44. The average molecular weight is 260 g/mol. The Bertz CT molecular complexity index is 494. The minimum atomic E-state index is 0.575. The van der Waals surface area contributed by atoms with Crippen LogP contribution in [0.4, 0.5) is 5.69 Å². The quantitative estimate of drug-likeness (QED) is 0.921. The third kappa shape index (κ3) is 2.51. The lowest BCUT2D eigenvalue weighted by Gasteiger charge is -2.13. The fraction of sp³-hybridized carbons (Fsp3) is 0.385. The maximum Gasteiger partial charge on any atom is 0.137 e. The summed E-state index contributed by atoms with van der Waals surface area (Å²) in [4.78, 5) is 8.45. The molecule has 2 atom stereocenters. The van der Waals surface area contributed by atoms with Crippen molar-refractivity contribution in [2.45, 2.75) is 24.6 Å². The predicted octanol–water partition coefficient (Wildman–Crippen LogP) is 2.57. The molecule has 94 valence electrons. The van der Waals surface area contributed by atoms with E-state index in [-0.39, 0.29) is 0 Å². The van der Waals surface area contributed by atoms with Crippen LogP contribution in [0, 0.1) is 0 Å². The summed E-state index contributed by atoms with van der Waals surface area (Å²) in [6.45, 7) is 2.28. The van der Waals surface area contributed by atoms with Gasteiger partial charge in [-0.1, -0.05) is 6.92 Å². The number of hydrogen-bond donors (Lipinski definition) is 1. The van der Waals surface area contributed by atoms with E-state index in [0.29, 0.717) is 6.04 Å². The number of pyridine rings is 1. The van der Waals surface area contributed by atoms with Crippen LogP contribution in [0.25, 0.3) is 5.82 Å². The minimum absolute atomic E-state index is 0.575. The van der Waals surface area contributed by atoms with Crippen LogP contribution in [-0.2, 0) is 0 Å². The van der Waals surface area contributed by atoms with Crippen LogP contribution in [0.15, 0.2) is 37.1 Å². The molecule has 1 N–H and O–H groups in total. The van der Waals surface area contributed by atoms with Crippen LogP contribution in [0.2, 0.25) is 0 Å². The van der Waals surface area contributed by atoms with Gasteiger partial charge in [0.05, 0.1) is 11.9 Å². The van der Waals surface area contributed by atoms with E-state index in [1.54, 1.807) is 12.5 Å². The van der Waals surface area contributed by atoms with E-state index in [0.717, 1.165) is 16.8 Å². The van der Waals surface area contributed by atoms with Crippen molar-refractivity contribution in [2.75, 3.05) is 11.1 Å². The van der Waals surface area contributed by atoms with Crippen LogP contribution in [0.5, 0.6) is 0 Å². The first-order valence-corrected chi connectivity index (χ1v) is 7.18. The van der Waals surface area contributed by atoms with Gasteiger partial charge in [-0.25, -0.2) is 9.97 Å². The van der Waals surface area contributed by atoms with Crippen LogP contribution < -0.4 is 5.32 Å². The van der Waals surface area contributed by atoms with Gasteiger partial charge >= 0.3 is 0 Å². The van der Waals surface area contributed by atoms with Crippen molar-refractivity contribution in [2.24, 2.45) is 0 Å². The molecule has 1 fully saturated rings. The predicted molar refractivity (Wildman–Crippen MR) is 75.3 cm³/mol. The number of aromatic nitrogens is 3. The molecule has 2 unspecified atom stereocenters. The number of thioether (sulfide) groups is 1. The van der Waals surface area contributed by atoms with Gasteiger partial charge in [0.25, 0.3) is 0 Å². The van der Waals surface area contributed by atoms with E-state index >= 15 is 0 Å². The Labute approximate surface area is 111 Å². The van der Waals surface area contributed by atoms with Gasteiger partial charge in [-0.2, -0.15) is 11.8 Å². The highest BCUT2D eigenvalue weighted by Crippen LogP contribution is 2.28. The van der Waals surface area contributed by atoms with E-state index in [1.807, 2.05) is 34.8 Å². The summed E-state index contributed by atoms with van der Waals surface area (Å²) in [6, 6.07) is 4.66. The Balaban J connectivity index is 1.68. The summed E-state index contributed by atoms with van der Waals surface area (Å²) < 4.78 is 1.90. The summed E-state index contributed by atoms with van der Waals surface area (Å²) in [7, 11) is 0. The Hall–Kier alpha value is -1.49. The van der Waals surface area contributed by atoms with E-state index < -0.39 is 0 Å². The van der Waals surface area contributed by atoms with Gasteiger partial charge in [-0.05, 0) is 18.6 Å². The number of anilines is 1. The van der Waals surface area contributed by atoms with Crippen molar-refractivity contribution in [1.29, 1.82) is 0 Å². The molecule has 0 amide bonds. The van der Waals surface area contributed by atoms with E-state index in [4.69, 9.17) is 0 Å². The Morgan fingerprint density at radius 3 is 3.00 bits per heavy atom. The molecular weight excluding hydrogens is 244 g/mol. The molecule has 0 radical (unpaired) electrons. The Morgan fingerprint density at radius 2 is 2.39 bits per heavy atom. The standard InChI is InChI=1S/C13H16N4S/c1-10-6-12(8-18-10)16-11-2-3-13(15-7-11)17-5-4-14-9-17/h2-5,7,9-10,12,16H,6,8H2,1H3. The maximum absolute atomic E-state index is 4.44. The first kappa shape index (κ1) is 11.6. The number of nitrogens with one attached hydrogen (secondary N) is 1. The van der Waals surface area contributed by atoms with E-state index in [1.165, 1.54) is 12.2 Å². The topological polar surface area (TPSA) is 42.7 Å². The molecule has 4 nitrogen and oxygen atoms in total. The van der Waals surface area contributed by atoms with E-state index in [9.17, 15) is 0 Å². The average Bonchev–Trinajstić information content (AvgIpc) is 3.02. The summed E-state index contributed by atoms with van der Waals surface area (Å²) >= 11 is 2.03. The van der Waals surface area contributed by atoms with Gasteiger partial charge in [0.2, 0.25) is 0 Å². The van der Waals surface area contributed by atoms with Crippen LogP contribution in [-0.4, -0.2) is 31.6 Å².